The van der Waals surface area contributed by atoms with Gasteiger partial charge in [0.2, 0.25) is 25.4 Å². The molecule has 2 bridgehead atoms. The number of ketones is 1. The van der Waals surface area contributed by atoms with Gasteiger partial charge >= 0.3 is 0 Å². The molecule has 9 nitrogen and oxygen atoms in total. The van der Waals surface area contributed by atoms with Crippen molar-refractivity contribution in [1.29, 1.82) is 0 Å². The number of Topliss-reactive ketones (excluding diaryl/α,β-unsaturated/α-hetero) is 1. The number of imide groups is 1. The quantitative estimate of drug-likeness (QED) is 0.192. The Hall–Kier alpha value is -6.35. The van der Waals surface area contributed by atoms with Crippen molar-refractivity contribution in [3.05, 3.63) is 144 Å². The summed E-state index contributed by atoms with van der Waals surface area (Å²) in [5.41, 5.74) is 1.10. The Kier molecular flexibility index (Phi) is 6.13. The standard InChI is InChI=1S/C42H29NO8/c1-47-29-14-8-13-28(21-29)43-38(44)36-37(39(43)45)42(27-11-6-3-7-12-27)35(25-16-18-31-33(20-25)51-23-49-31)34(24-15-17-30-32(19-24)50-22-48-30)41(36,40(42)46)26-9-4-2-5-10-26/h2-21,36-37H,22-23H2,1H3/t36-,37-,41-,42-/m0/s1. The maximum absolute atomic E-state index is 16.2. The summed E-state index contributed by atoms with van der Waals surface area (Å²) in [6, 6.07) is 36.9. The molecule has 3 aliphatic heterocycles. The Bertz CT molecular complexity index is 2210. The number of anilines is 1. The first-order valence-electron chi connectivity index (χ1n) is 16.7. The topological polar surface area (TPSA) is 101 Å². The van der Waals surface area contributed by atoms with Crippen LogP contribution in [0.3, 0.4) is 0 Å². The number of rotatable bonds is 6. The van der Waals surface area contributed by atoms with Gasteiger partial charge in [0.15, 0.2) is 28.8 Å². The molecule has 0 aromatic heterocycles. The van der Waals surface area contributed by atoms with Crippen LogP contribution in [0.4, 0.5) is 5.69 Å². The van der Waals surface area contributed by atoms with Crippen LogP contribution < -0.4 is 28.6 Å². The summed E-state index contributed by atoms with van der Waals surface area (Å²) in [6.07, 6.45) is 0. The predicted molar refractivity (Wildman–Crippen MR) is 186 cm³/mol. The third-order valence-corrected chi connectivity index (χ3v) is 11.1. The third kappa shape index (κ3) is 3.67. The highest BCUT2D eigenvalue weighted by atomic mass is 16.7. The van der Waals surface area contributed by atoms with Crippen LogP contribution in [0.25, 0.3) is 11.1 Å². The lowest BCUT2D eigenvalue weighted by atomic mass is 9.59. The minimum absolute atomic E-state index is 0.0662. The molecule has 2 aliphatic carbocycles. The van der Waals surface area contributed by atoms with Crippen LogP contribution in [0.1, 0.15) is 22.3 Å². The number of ether oxygens (including phenoxy) is 5. The average Bonchev–Trinajstić information content (AvgIpc) is 3.98. The van der Waals surface area contributed by atoms with Crippen LogP contribution in [-0.4, -0.2) is 38.3 Å². The maximum atomic E-state index is 16.2. The second kappa shape index (κ2) is 10.6. The molecule has 0 unspecified atom stereocenters. The van der Waals surface area contributed by atoms with Crippen molar-refractivity contribution in [1.82, 2.24) is 0 Å². The molecule has 0 N–H and O–H groups in total. The lowest BCUT2D eigenvalue weighted by molar-refractivity contribution is -0.130. The molecule has 3 heterocycles. The van der Waals surface area contributed by atoms with E-state index in [-0.39, 0.29) is 19.4 Å². The summed E-state index contributed by atoms with van der Waals surface area (Å²) in [5.74, 6) is -0.559. The fraction of sp³-hybridized carbons (Fsp3) is 0.167. The van der Waals surface area contributed by atoms with E-state index in [9.17, 15) is 0 Å². The van der Waals surface area contributed by atoms with Crippen LogP contribution in [0.15, 0.2) is 121 Å². The number of methoxy groups -OCH3 is 1. The van der Waals surface area contributed by atoms with Gasteiger partial charge < -0.3 is 23.7 Å². The Morgan fingerprint density at radius 2 is 1.06 bits per heavy atom. The van der Waals surface area contributed by atoms with E-state index in [4.69, 9.17) is 23.7 Å². The molecule has 4 atom stereocenters. The molecule has 5 aliphatic rings. The number of fused-ring (bicyclic) bond motifs is 7. The molecule has 1 saturated carbocycles. The molecule has 10 rings (SSSR count). The molecule has 2 amide bonds. The van der Waals surface area contributed by atoms with Crippen LogP contribution in [0.2, 0.25) is 0 Å². The Morgan fingerprint density at radius 3 is 1.55 bits per heavy atom. The van der Waals surface area contributed by atoms with Crippen molar-refractivity contribution in [2.24, 2.45) is 11.8 Å². The summed E-state index contributed by atoms with van der Waals surface area (Å²) in [5, 5.41) is 0. The summed E-state index contributed by atoms with van der Waals surface area (Å²) in [6.45, 7) is 0.132. The van der Waals surface area contributed by atoms with Crippen molar-refractivity contribution >= 4 is 34.4 Å². The predicted octanol–water partition coefficient (Wildman–Crippen LogP) is 6.34. The monoisotopic (exact) mass is 675 g/mol. The highest BCUT2D eigenvalue weighted by molar-refractivity contribution is 6.39. The molecule has 5 aromatic rings. The maximum Gasteiger partial charge on any atom is 0.239 e. The molecule has 1 saturated heterocycles. The zero-order chi connectivity index (χ0) is 34.5. The molecular formula is C42H29NO8. The van der Waals surface area contributed by atoms with E-state index in [0.29, 0.717) is 67.8 Å². The summed E-state index contributed by atoms with van der Waals surface area (Å²) in [7, 11) is 1.54. The van der Waals surface area contributed by atoms with Gasteiger partial charge in [-0.3, -0.25) is 14.4 Å². The highest BCUT2D eigenvalue weighted by Gasteiger charge is 2.82. The molecule has 2 fully saturated rings. The number of hydrogen-bond acceptors (Lipinski definition) is 8. The van der Waals surface area contributed by atoms with Gasteiger partial charge in [0.1, 0.15) is 5.75 Å². The number of allylic oxidation sites excluding steroid dienone is 2. The SMILES string of the molecule is COc1cccc(N2C(=O)[C@@H]3[C@@H](C2=O)[C@@]2(c4ccccc4)C(=O)[C@@]3(c3ccccc3)C(c3ccc4c(c3)OCO4)=C2c2ccc3c(c2)OCO3)c1. The first-order chi connectivity index (χ1) is 25.0. The van der Waals surface area contributed by atoms with Crippen LogP contribution in [-0.2, 0) is 25.2 Å². The molecule has 5 aromatic carbocycles. The summed E-state index contributed by atoms with van der Waals surface area (Å²) < 4.78 is 28.6. The average molecular weight is 676 g/mol. The minimum Gasteiger partial charge on any atom is -0.497 e. The summed E-state index contributed by atoms with van der Waals surface area (Å²) >= 11 is 0. The lowest BCUT2D eigenvalue weighted by Gasteiger charge is -2.39. The van der Waals surface area contributed by atoms with Crippen molar-refractivity contribution in [2.45, 2.75) is 10.8 Å². The molecule has 250 valence electrons. The minimum atomic E-state index is -1.58. The zero-order valence-corrected chi connectivity index (χ0v) is 27.3. The van der Waals surface area contributed by atoms with Crippen molar-refractivity contribution in [3.8, 4) is 28.7 Å². The normalized spacial score (nSPS) is 25.2. The summed E-state index contributed by atoms with van der Waals surface area (Å²) in [4.78, 5) is 48.0. The smallest absolute Gasteiger partial charge is 0.239 e. The van der Waals surface area contributed by atoms with Gasteiger partial charge in [-0.05, 0) is 69.8 Å². The fourth-order valence-corrected chi connectivity index (χ4v) is 9.23. The largest absolute Gasteiger partial charge is 0.497 e. The second-order valence-electron chi connectivity index (χ2n) is 13.2. The number of carbonyl (C=O) groups excluding carboxylic acids is 3. The van der Waals surface area contributed by atoms with E-state index in [0.717, 1.165) is 0 Å². The Balaban J connectivity index is 1.36. The number of hydrogen-bond donors (Lipinski definition) is 0. The third-order valence-electron chi connectivity index (χ3n) is 11.1. The molecule has 51 heavy (non-hydrogen) atoms. The van der Waals surface area contributed by atoms with Gasteiger partial charge in [0, 0.05) is 6.07 Å². The van der Waals surface area contributed by atoms with Crippen LogP contribution >= 0.6 is 0 Å². The molecule has 0 spiro atoms. The second-order valence-corrected chi connectivity index (χ2v) is 13.2. The Labute approximate surface area is 292 Å². The highest BCUT2D eigenvalue weighted by Crippen LogP contribution is 2.74. The first kappa shape index (κ1) is 29.6. The number of amides is 2. The van der Waals surface area contributed by atoms with Crippen molar-refractivity contribution in [3.63, 3.8) is 0 Å². The van der Waals surface area contributed by atoms with E-state index in [1.807, 2.05) is 97.1 Å². The Morgan fingerprint density at radius 1 is 0.569 bits per heavy atom. The van der Waals surface area contributed by atoms with Gasteiger partial charge in [-0.2, -0.15) is 0 Å². The van der Waals surface area contributed by atoms with Gasteiger partial charge in [0.25, 0.3) is 0 Å². The number of benzene rings is 5. The van der Waals surface area contributed by atoms with E-state index < -0.39 is 34.5 Å². The zero-order valence-electron chi connectivity index (χ0n) is 27.3. The van der Waals surface area contributed by atoms with Gasteiger partial charge in [-0.15, -0.1) is 0 Å². The number of carbonyl (C=O) groups is 3. The van der Waals surface area contributed by atoms with E-state index in [2.05, 4.69) is 0 Å². The lowest BCUT2D eigenvalue weighted by Crippen LogP contribution is -2.45. The first-order valence-corrected chi connectivity index (χ1v) is 16.7. The van der Waals surface area contributed by atoms with E-state index in [1.165, 1.54) is 12.0 Å². The fourth-order valence-electron chi connectivity index (χ4n) is 9.23. The van der Waals surface area contributed by atoms with Gasteiger partial charge in [0.05, 0.1) is 35.5 Å². The van der Waals surface area contributed by atoms with Crippen molar-refractivity contribution in [2.75, 3.05) is 25.6 Å². The molecule has 0 radical (unpaired) electrons. The molecule has 9 heteroatoms. The number of nitrogens with zero attached hydrogens (tertiary/aromatic N) is 1. The van der Waals surface area contributed by atoms with Crippen LogP contribution in [0.5, 0.6) is 28.7 Å². The van der Waals surface area contributed by atoms with E-state index >= 15 is 14.4 Å². The van der Waals surface area contributed by atoms with Crippen LogP contribution in [0, 0.1) is 11.8 Å². The van der Waals surface area contributed by atoms with Gasteiger partial charge in [-0.1, -0.05) is 78.9 Å². The van der Waals surface area contributed by atoms with E-state index in [1.54, 1.807) is 24.3 Å². The van der Waals surface area contributed by atoms with Crippen molar-refractivity contribution < 1.29 is 38.1 Å². The van der Waals surface area contributed by atoms with Gasteiger partial charge in [-0.25, -0.2) is 4.90 Å². The molecular weight excluding hydrogens is 646 g/mol.